The van der Waals surface area contributed by atoms with Crippen LogP contribution in [0.2, 0.25) is 0 Å². The maximum Gasteiger partial charge on any atom is 0.320 e. The van der Waals surface area contributed by atoms with E-state index >= 15 is 0 Å². The van der Waals surface area contributed by atoms with Crippen LogP contribution in [0.1, 0.15) is 11.8 Å². The molecule has 0 unspecified atom stereocenters. The molecule has 0 aliphatic rings. The molecule has 0 saturated carbocycles. The second-order valence-corrected chi connectivity index (χ2v) is 3.76. The molecule has 84 valence electrons. The highest BCUT2D eigenvalue weighted by Gasteiger charge is 2.27. The third-order valence-corrected chi connectivity index (χ3v) is 2.62. The van der Waals surface area contributed by atoms with Gasteiger partial charge in [-0.3, -0.25) is 10.1 Å². The smallest absolute Gasteiger partial charge is 0.320 e. The van der Waals surface area contributed by atoms with Gasteiger partial charge in [0, 0.05) is 0 Å². The highest BCUT2D eigenvalue weighted by atomic mass is 32.1. The van der Waals surface area contributed by atoms with Gasteiger partial charge in [-0.1, -0.05) is 6.07 Å². The standard InChI is InChI=1S/C9H13NO4S/c1-2-14-8(11)6-10-9(12,13)7-4-3-5-15-7/h3-5,10,12-13H,2,6H2,1H3. The van der Waals surface area contributed by atoms with Gasteiger partial charge in [-0.05, 0) is 18.4 Å². The molecule has 6 heteroatoms. The first-order valence-corrected chi connectivity index (χ1v) is 5.33. The molecule has 0 amide bonds. The number of hydrogen-bond donors (Lipinski definition) is 3. The minimum absolute atomic E-state index is 0.251. The Morgan fingerprint density at radius 3 is 2.93 bits per heavy atom. The van der Waals surface area contributed by atoms with Gasteiger partial charge in [0.05, 0.1) is 18.0 Å². The molecule has 0 spiro atoms. The van der Waals surface area contributed by atoms with Crippen molar-refractivity contribution < 1.29 is 19.7 Å². The number of thiophene rings is 1. The Bertz CT molecular complexity index is 310. The van der Waals surface area contributed by atoms with Crippen LogP contribution in [0.4, 0.5) is 0 Å². The van der Waals surface area contributed by atoms with E-state index in [0.29, 0.717) is 4.88 Å². The Balaban J connectivity index is 2.47. The van der Waals surface area contributed by atoms with Crippen molar-refractivity contribution in [1.82, 2.24) is 5.32 Å². The predicted molar refractivity (Wildman–Crippen MR) is 55.1 cm³/mol. The quantitative estimate of drug-likeness (QED) is 0.491. The van der Waals surface area contributed by atoms with Gasteiger partial charge < -0.3 is 14.9 Å². The van der Waals surface area contributed by atoms with Crippen molar-refractivity contribution in [2.45, 2.75) is 12.8 Å². The lowest BCUT2D eigenvalue weighted by atomic mass is 10.3. The summed E-state index contributed by atoms with van der Waals surface area (Å²) in [6.45, 7) is 1.70. The van der Waals surface area contributed by atoms with Gasteiger partial charge in [0.25, 0.3) is 5.91 Å². The number of nitrogens with one attached hydrogen (secondary N) is 1. The topological polar surface area (TPSA) is 78.8 Å². The van der Waals surface area contributed by atoms with Crippen LogP contribution in [-0.2, 0) is 15.4 Å². The van der Waals surface area contributed by atoms with E-state index in [4.69, 9.17) is 0 Å². The number of esters is 1. The molecular weight excluding hydrogens is 218 g/mol. The van der Waals surface area contributed by atoms with Crippen LogP contribution in [0.3, 0.4) is 0 Å². The molecular formula is C9H13NO4S. The lowest BCUT2D eigenvalue weighted by Gasteiger charge is -2.20. The van der Waals surface area contributed by atoms with Crippen molar-refractivity contribution in [2.75, 3.05) is 13.2 Å². The number of aliphatic hydroxyl groups is 2. The summed E-state index contributed by atoms with van der Waals surface area (Å²) >= 11 is 1.18. The minimum atomic E-state index is -2.18. The third-order valence-electron chi connectivity index (χ3n) is 1.65. The van der Waals surface area contributed by atoms with E-state index in [1.807, 2.05) is 0 Å². The molecule has 0 fully saturated rings. The van der Waals surface area contributed by atoms with Gasteiger partial charge in [0.1, 0.15) is 0 Å². The molecule has 0 aliphatic carbocycles. The van der Waals surface area contributed by atoms with Crippen molar-refractivity contribution >= 4 is 17.3 Å². The van der Waals surface area contributed by atoms with E-state index in [9.17, 15) is 15.0 Å². The number of ether oxygens (including phenoxy) is 1. The number of hydrogen-bond acceptors (Lipinski definition) is 6. The molecule has 15 heavy (non-hydrogen) atoms. The summed E-state index contributed by atoms with van der Waals surface area (Å²) in [7, 11) is 0. The summed E-state index contributed by atoms with van der Waals surface area (Å²) in [5.74, 6) is -2.71. The average molecular weight is 231 g/mol. The highest BCUT2D eigenvalue weighted by molar-refractivity contribution is 7.10. The first-order valence-electron chi connectivity index (χ1n) is 4.45. The fourth-order valence-electron chi connectivity index (χ4n) is 0.971. The maximum absolute atomic E-state index is 11.0. The van der Waals surface area contributed by atoms with Crippen LogP contribution in [0, 0.1) is 0 Å². The number of carbonyl (C=O) groups excluding carboxylic acids is 1. The van der Waals surface area contributed by atoms with Crippen molar-refractivity contribution in [3.8, 4) is 0 Å². The molecule has 0 bridgehead atoms. The molecule has 0 aromatic carbocycles. The van der Waals surface area contributed by atoms with Crippen LogP contribution in [0.25, 0.3) is 0 Å². The zero-order chi connectivity index (χ0) is 11.3. The van der Waals surface area contributed by atoms with Crippen molar-refractivity contribution in [3.05, 3.63) is 22.4 Å². The zero-order valence-corrected chi connectivity index (χ0v) is 9.08. The first kappa shape index (κ1) is 12.1. The summed E-state index contributed by atoms with van der Waals surface area (Å²) in [6.07, 6.45) is 0. The summed E-state index contributed by atoms with van der Waals surface area (Å²) in [5.41, 5.74) is 0. The Morgan fingerprint density at radius 1 is 1.67 bits per heavy atom. The fourth-order valence-corrected chi connectivity index (χ4v) is 1.67. The van der Waals surface area contributed by atoms with Crippen molar-refractivity contribution in [3.63, 3.8) is 0 Å². The van der Waals surface area contributed by atoms with Gasteiger partial charge >= 0.3 is 5.97 Å². The third kappa shape index (κ3) is 3.60. The Morgan fingerprint density at radius 2 is 2.40 bits per heavy atom. The van der Waals surface area contributed by atoms with Crippen molar-refractivity contribution in [1.29, 1.82) is 0 Å². The van der Waals surface area contributed by atoms with Crippen LogP contribution >= 0.6 is 11.3 Å². The molecule has 0 aliphatic heterocycles. The van der Waals surface area contributed by atoms with E-state index in [1.165, 1.54) is 11.3 Å². The zero-order valence-electron chi connectivity index (χ0n) is 8.27. The molecule has 1 heterocycles. The molecule has 5 nitrogen and oxygen atoms in total. The number of rotatable bonds is 5. The normalized spacial score (nSPS) is 11.4. The van der Waals surface area contributed by atoms with E-state index in [2.05, 4.69) is 10.1 Å². The lowest BCUT2D eigenvalue weighted by molar-refractivity contribution is -0.195. The molecule has 3 N–H and O–H groups in total. The van der Waals surface area contributed by atoms with Gasteiger partial charge in [-0.15, -0.1) is 11.3 Å². The van der Waals surface area contributed by atoms with Gasteiger partial charge in [-0.25, -0.2) is 0 Å². The van der Waals surface area contributed by atoms with Crippen LogP contribution in [0.15, 0.2) is 17.5 Å². The second-order valence-electron chi connectivity index (χ2n) is 2.81. The minimum Gasteiger partial charge on any atom is -0.465 e. The van der Waals surface area contributed by atoms with E-state index in [1.54, 1.807) is 24.4 Å². The number of carbonyl (C=O) groups is 1. The summed E-state index contributed by atoms with van der Waals surface area (Å²) in [4.78, 5) is 11.3. The van der Waals surface area contributed by atoms with Crippen LogP contribution in [0.5, 0.6) is 0 Å². The van der Waals surface area contributed by atoms with Gasteiger partial charge in [0.15, 0.2) is 0 Å². The second kappa shape index (κ2) is 5.22. The van der Waals surface area contributed by atoms with Crippen LogP contribution < -0.4 is 5.32 Å². The average Bonchev–Trinajstić information content (AvgIpc) is 2.69. The molecule has 1 rings (SSSR count). The SMILES string of the molecule is CCOC(=O)CNC(O)(O)c1cccs1. The van der Waals surface area contributed by atoms with Crippen molar-refractivity contribution in [2.24, 2.45) is 0 Å². The molecule has 0 saturated heterocycles. The van der Waals surface area contributed by atoms with Crippen LogP contribution in [-0.4, -0.2) is 29.3 Å². The summed E-state index contributed by atoms with van der Waals surface area (Å²) < 4.78 is 4.63. The summed E-state index contributed by atoms with van der Waals surface area (Å²) in [6, 6.07) is 3.25. The van der Waals surface area contributed by atoms with Gasteiger partial charge in [0.2, 0.25) is 0 Å². The molecule has 0 atom stereocenters. The molecule has 1 aromatic heterocycles. The van der Waals surface area contributed by atoms with E-state index in [-0.39, 0.29) is 13.2 Å². The molecule has 1 aromatic rings. The van der Waals surface area contributed by atoms with E-state index in [0.717, 1.165) is 0 Å². The Hall–Kier alpha value is -0.950. The Labute approximate surface area is 91.3 Å². The summed E-state index contributed by atoms with van der Waals surface area (Å²) in [5, 5.41) is 23.1. The monoisotopic (exact) mass is 231 g/mol. The fraction of sp³-hybridized carbons (Fsp3) is 0.444. The Kier molecular flexibility index (Phi) is 4.22. The largest absolute Gasteiger partial charge is 0.465 e. The first-order chi connectivity index (χ1) is 7.06. The van der Waals surface area contributed by atoms with Gasteiger partial charge in [-0.2, -0.15) is 0 Å². The lowest BCUT2D eigenvalue weighted by Crippen LogP contribution is -2.44. The molecule has 0 radical (unpaired) electrons. The maximum atomic E-state index is 11.0. The van der Waals surface area contributed by atoms with E-state index < -0.39 is 11.9 Å². The predicted octanol–water partition coefficient (Wildman–Crippen LogP) is -0.00430. The highest BCUT2D eigenvalue weighted by Crippen LogP contribution is 2.19.